The average molecular weight is 407 g/mol. The van der Waals surface area contributed by atoms with Gasteiger partial charge in [-0.2, -0.15) is 13.2 Å². The molecule has 0 atom stereocenters. The molecule has 6 nitrogen and oxygen atoms in total. The van der Waals surface area contributed by atoms with Crippen LogP contribution < -0.4 is 5.32 Å². The van der Waals surface area contributed by atoms with Gasteiger partial charge < -0.3 is 15.3 Å². The van der Waals surface area contributed by atoms with E-state index >= 15 is 0 Å². The molecule has 2 aromatic carbocycles. The van der Waals surface area contributed by atoms with E-state index in [9.17, 15) is 27.9 Å². The van der Waals surface area contributed by atoms with E-state index in [0.717, 1.165) is 6.07 Å². The molecule has 0 aromatic heterocycles. The van der Waals surface area contributed by atoms with Crippen molar-refractivity contribution in [3.63, 3.8) is 0 Å². The van der Waals surface area contributed by atoms with Gasteiger partial charge in [0.1, 0.15) is 5.75 Å². The predicted octanol–water partition coefficient (Wildman–Crippen LogP) is 2.81. The maximum Gasteiger partial charge on any atom is 0.418 e. The molecule has 1 heterocycles. The summed E-state index contributed by atoms with van der Waals surface area (Å²) in [4.78, 5) is 28.1. The summed E-state index contributed by atoms with van der Waals surface area (Å²) >= 11 is 0. The Kier molecular flexibility index (Phi) is 6.07. The first-order valence-electron chi connectivity index (χ1n) is 9.01. The largest absolute Gasteiger partial charge is 0.508 e. The van der Waals surface area contributed by atoms with Crippen molar-refractivity contribution in [3.05, 3.63) is 59.7 Å². The molecule has 0 aliphatic carbocycles. The lowest BCUT2D eigenvalue weighted by Crippen LogP contribution is -2.50. The normalized spacial score (nSPS) is 15.2. The minimum Gasteiger partial charge on any atom is -0.508 e. The van der Waals surface area contributed by atoms with Crippen LogP contribution in [-0.2, 0) is 11.0 Å². The Balaban J connectivity index is 1.54. The highest BCUT2D eigenvalue weighted by Gasteiger charge is 2.33. The Morgan fingerprint density at radius 1 is 1.00 bits per heavy atom. The van der Waals surface area contributed by atoms with Crippen LogP contribution in [0.2, 0.25) is 0 Å². The van der Waals surface area contributed by atoms with Crippen molar-refractivity contribution >= 4 is 17.5 Å². The van der Waals surface area contributed by atoms with E-state index in [1.54, 1.807) is 21.9 Å². The number of anilines is 1. The van der Waals surface area contributed by atoms with Gasteiger partial charge >= 0.3 is 6.18 Å². The fourth-order valence-electron chi connectivity index (χ4n) is 3.16. The first kappa shape index (κ1) is 20.7. The molecule has 0 bridgehead atoms. The van der Waals surface area contributed by atoms with Gasteiger partial charge in [-0.3, -0.25) is 14.5 Å². The summed E-state index contributed by atoms with van der Waals surface area (Å²) in [5, 5.41) is 11.8. The fourth-order valence-corrected chi connectivity index (χ4v) is 3.16. The Labute approximate surface area is 165 Å². The van der Waals surface area contributed by atoms with Gasteiger partial charge in [-0.25, -0.2) is 0 Å². The SMILES string of the molecule is O=C(CN1CCN(C(=O)c2cccc(O)c2)CC1)Nc1ccccc1C(F)(F)F. The molecule has 1 fully saturated rings. The van der Waals surface area contributed by atoms with E-state index in [0.29, 0.717) is 31.7 Å². The fraction of sp³-hybridized carbons (Fsp3) is 0.300. The topological polar surface area (TPSA) is 72.9 Å². The van der Waals surface area contributed by atoms with Crippen molar-refractivity contribution in [2.45, 2.75) is 6.18 Å². The van der Waals surface area contributed by atoms with Crippen molar-refractivity contribution in [1.29, 1.82) is 0 Å². The minimum absolute atomic E-state index is 0.00490. The number of phenols is 1. The van der Waals surface area contributed by atoms with Crippen LogP contribution in [-0.4, -0.2) is 59.4 Å². The number of alkyl halides is 3. The average Bonchev–Trinajstić information content (AvgIpc) is 2.67. The van der Waals surface area contributed by atoms with Gasteiger partial charge in [0.2, 0.25) is 5.91 Å². The number of rotatable bonds is 4. The highest BCUT2D eigenvalue weighted by Crippen LogP contribution is 2.34. The summed E-state index contributed by atoms with van der Waals surface area (Å²) in [6.45, 7) is 1.51. The van der Waals surface area contributed by atoms with Crippen molar-refractivity contribution < 1.29 is 27.9 Å². The number of phenolic OH excluding ortho intramolecular Hbond substituents is 1. The molecule has 0 unspecified atom stereocenters. The smallest absolute Gasteiger partial charge is 0.418 e. The maximum atomic E-state index is 13.0. The van der Waals surface area contributed by atoms with Crippen LogP contribution in [0.25, 0.3) is 0 Å². The first-order valence-corrected chi connectivity index (χ1v) is 9.01. The van der Waals surface area contributed by atoms with Crippen LogP contribution in [0.3, 0.4) is 0 Å². The highest BCUT2D eigenvalue weighted by atomic mass is 19.4. The van der Waals surface area contributed by atoms with Gasteiger partial charge in [0.05, 0.1) is 17.8 Å². The number of benzene rings is 2. The Bertz CT molecular complexity index is 894. The van der Waals surface area contributed by atoms with Gasteiger partial charge in [0, 0.05) is 31.7 Å². The summed E-state index contributed by atoms with van der Waals surface area (Å²) in [5.41, 5.74) is -0.794. The van der Waals surface area contributed by atoms with E-state index in [2.05, 4.69) is 5.32 Å². The second kappa shape index (κ2) is 8.52. The number of hydrogen-bond acceptors (Lipinski definition) is 4. The number of halogens is 3. The molecular weight excluding hydrogens is 387 g/mol. The molecule has 1 aliphatic heterocycles. The minimum atomic E-state index is -4.55. The molecule has 0 saturated carbocycles. The quantitative estimate of drug-likeness (QED) is 0.818. The molecule has 0 radical (unpaired) electrons. The van der Waals surface area contributed by atoms with Crippen LogP contribution >= 0.6 is 0 Å². The van der Waals surface area contributed by atoms with Crippen molar-refractivity contribution in [2.24, 2.45) is 0 Å². The number of aromatic hydroxyl groups is 1. The summed E-state index contributed by atoms with van der Waals surface area (Å²) in [6.07, 6.45) is -4.55. The van der Waals surface area contributed by atoms with Crippen LogP contribution in [0.15, 0.2) is 48.5 Å². The van der Waals surface area contributed by atoms with Gasteiger partial charge in [-0.1, -0.05) is 18.2 Å². The van der Waals surface area contributed by atoms with Crippen LogP contribution in [0, 0.1) is 0 Å². The number of nitrogens with zero attached hydrogens (tertiary/aromatic N) is 2. The lowest BCUT2D eigenvalue weighted by Gasteiger charge is -2.34. The van der Waals surface area contributed by atoms with Crippen LogP contribution in [0.1, 0.15) is 15.9 Å². The van der Waals surface area contributed by atoms with E-state index in [1.165, 1.54) is 30.3 Å². The molecule has 1 aliphatic rings. The molecule has 0 spiro atoms. The number of para-hydroxylation sites is 1. The third-order valence-corrected chi connectivity index (χ3v) is 4.63. The number of carbonyl (C=O) groups is 2. The van der Waals surface area contributed by atoms with Gasteiger partial charge in [0.15, 0.2) is 0 Å². The van der Waals surface area contributed by atoms with Crippen molar-refractivity contribution in [3.8, 4) is 5.75 Å². The molecule has 1 saturated heterocycles. The molecule has 9 heteroatoms. The monoisotopic (exact) mass is 407 g/mol. The van der Waals surface area contributed by atoms with Crippen molar-refractivity contribution in [2.75, 3.05) is 38.0 Å². The molecule has 29 heavy (non-hydrogen) atoms. The summed E-state index contributed by atoms with van der Waals surface area (Å²) in [5.74, 6) is -0.760. The number of amides is 2. The third-order valence-electron chi connectivity index (χ3n) is 4.63. The lowest BCUT2D eigenvalue weighted by atomic mass is 10.1. The Morgan fingerprint density at radius 2 is 1.69 bits per heavy atom. The molecular formula is C20H20F3N3O3. The van der Waals surface area contributed by atoms with E-state index in [1.807, 2.05) is 0 Å². The number of piperazine rings is 1. The number of nitrogens with one attached hydrogen (secondary N) is 1. The Morgan fingerprint density at radius 3 is 2.34 bits per heavy atom. The first-order chi connectivity index (χ1) is 13.7. The van der Waals surface area contributed by atoms with E-state index in [-0.39, 0.29) is 23.9 Å². The molecule has 2 amide bonds. The number of hydrogen-bond donors (Lipinski definition) is 2. The van der Waals surface area contributed by atoms with Gasteiger partial charge in [0.25, 0.3) is 5.91 Å². The highest BCUT2D eigenvalue weighted by molar-refractivity contribution is 5.95. The summed E-state index contributed by atoms with van der Waals surface area (Å²) in [6, 6.07) is 10.9. The van der Waals surface area contributed by atoms with E-state index in [4.69, 9.17) is 0 Å². The third kappa shape index (κ3) is 5.26. The van der Waals surface area contributed by atoms with Crippen LogP contribution in [0.4, 0.5) is 18.9 Å². The second-order valence-electron chi connectivity index (χ2n) is 6.71. The summed E-state index contributed by atoms with van der Waals surface area (Å²) < 4.78 is 39.1. The van der Waals surface area contributed by atoms with E-state index < -0.39 is 17.6 Å². The zero-order valence-electron chi connectivity index (χ0n) is 15.4. The molecule has 154 valence electrons. The predicted molar refractivity (Wildman–Crippen MR) is 101 cm³/mol. The van der Waals surface area contributed by atoms with Gasteiger partial charge in [-0.05, 0) is 30.3 Å². The Hall–Kier alpha value is -3.07. The second-order valence-corrected chi connectivity index (χ2v) is 6.71. The number of carbonyl (C=O) groups excluding carboxylic acids is 2. The standard InChI is InChI=1S/C20H20F3N3O3/c21-20(22,23)16-6-1-2-7-17(16)24-18(28)13-25-8-10-26(11-9-25)19(29)14-4-3-5-15(27)12-14/h1-7,12,27H,8-11,13H2,(H,24,28). The summed E-state index contributed by atoms with van der Waals surface area (Å²) in [7, 11) is 0. The molecule has 2 N–H and O–H groups in total. The van der Waals surface area contributed by atoms with Crippen LogP contribution in [0.5, 0.6) is 5.75 Å². The zero-order chi connectivity index (χ0) is 21.0. The molecule has 3 rings (SSSR count). The molecule has 2 aromatic rings. The van der Waals surface area contributed by atoms with Gasteiger partial charge in [-0.15, -0.1) is 0 Å². The maximum absolute atomic E-state index is 13.0. The lowest BCUT2D eigenvalue weighted by molar-refractivity contribution is -0.137. The zero-order valence-corrected chi connectivity index (χ0v) is 15.4. The van der Waals surface area contributed by atoms with Crippen molar-refractivity contribution in [1.82, 2.24) is 9.80 Å².